The van der Waals surface area contributed by atoms with E-state index < -0.39 is 0 Å². The van der Waals surface area contributed by atoms with Gasteiger partial charge in [0.05, 0.1) is 0 Å². The summed E-state index contributed by atoms with van der Waals surface area (Å²) in [7, 11) is 0. The van der Waals surface area contributed by atoms with Gasteiger partial charge in [0, 0.05) is 19.6 Å². The van der Waals surface area contributed by atoms with Gasteiger partial charge in [-0.15, -0.1) is 6.54 Å². The Bertz CT molecular complexity index is 1510. The standard InChI is InChI=1S/C14H19N2O.2C14H19NO.C4H12B2.2C2H6N.3CH4.3Rb/c15-9-11-1-3-13(4-2-11)17-14-10-16-7-5-12(14)6-8-16;2*1-11-2-4-13(5-3-11)16-14-10-15-8-6-12(14)7-9-15;1-5(2)6(3)4;2*1-2-3;;;;;;/h1-4,12,14-15H,5-10H2;2*2-5,12,14H,6-10H2,1H3;1-4H3;2*3H,2H2,1H3;3*1H4;;;/q-1;;;;2*-1;;;;3*+1/t3*14-;;;;;;;;;/m000........./s1. The minimum atomic E-state index is 0. The molecule has 67 heavy (non-hydrogen) atoms. The summed E-state index contributed by atoms with van der Waals surface area (Å²) in [5.74, 6) is 5.34. The van der Waals surface area contributed by atoms with Crippen LogP contribution in [0.5, 0.6) is 17.2 Å². The number of nitrogens with one attached hydrogen (secondary N) is 3. The van der Waals surface area contributed by atoms with Crippen molar-refractivity contribution in [3.8, 4) is 17.2 Å². The summed E-state index contributed by atoms with van der Waals surface area (Å²) in [6, 6.07) is 24.8. The van der Waals surface area contributed by atoms with E-state index in [0.29, 0.717) is 37.9 Å². The number of aryl methyl sites for hydroxylation is 2. The Balaban J connectivity index is -0.000000787. The smallest absolute Gasteiger partial charge is 0.678 e. The normalized spacial score (nSPS) is 24.9. The van der Waals surface area contributed by atoms with Crippen molar-refractivity contribution in [2.24, 2.45) is 17.8 Å². The maximum Gasteiger partial charge on any atom is 1.00 e. The van der Waals surface area contributed by atoms with Gasteiger partial charge in [-0.3, -0.25) is 14.7 Å². The molecule has 0 amide bonds. The Morgan fingerprint density at radius 2 is 0.672 bits per heavy atom. The van der Waals surface area contributed by atoms with Gasteiger partial charge >= 0.3 is 175 Å². The zero-order chi connectivity index (χ0) is 44.1. The third kappa shape index (κ3) is 27.6. The van der Waals surface area contributed by atoms with Gasteiger partial charge in [-0.2, -0.15) is 13.1 Å². The summed E-state index contributed by atoms with van der Waals surface area (Å²) in [5.41, 5.74) is 23.3. The molecule has 9 heterocycles. The van der Waals surface area contributed by atoms with Gasteiger partial charge in [0.25, 0.3) is 0 Å². The largest absolute Gasteiger partial charge is 1.00 e. The third-order valence-electron chi connectivity index (χ3n) is 13.2. The van der Waals surface area contributed by atoms with Gasteiger partial charge in [-0.05, 0) is 146 Å². The second kappa shape index (κ2) is 41.6. The SMILES string of the molecule is C.C.C.CB(C)B(C)C.CC[NH-].CC[NH-].Cc1ccc(O[C@H]2CN3CCC2CC3)cc1.Cc1ccc(O[C@H]2CN3CCC2CC3)cc1.[NH-]Cc1ccc(O[C@H]2CN3CCC2CC3)cc1.[Rb+].[Rb+].[Rb+]. The van der Waals surface area contributed by atoms with Crippen LogP contribution >= 0.6 is 0 Å². The molecule has 0 unspecified atom stereocenters. The maximum atomic E-state index is 7.29. The van der Waals surface area contributed by atoms with E-state index in [9.17, 15) is 0 Å². The summed E-state index contributed by atoms with van der Waals surface area (Å²) < 4.78 is 18.3. The second-order valence-corrected chi connectivity index (χ2v) is 18.5. The zero-order valence-electron chi connectivity index (χ0n) is 42.3. The Labute approximate surface area is 560 Å². The van der Waals surface area contributed by atoms with Crippen molar-refractivity contribution in [2.45, 2.75) is 141 Å². The van der Waals surface area contributed by atoms with Crippen molar-refractivity contribution in [1.29, 1.82) is 0 Å². The number of rotatable bonds is 8. The Hall–Kier alpha value is 2.37. The molecule has 9 fully saturated rings. The Morgan fingerprint density at radius 3 is 0.851 bits per heavy atom. The first kappa shape index (κ1) is 73.6. The van der Waals surface area contributed by atoms with Crippen molar-refractivity contribution >= 4 is 13.2 Å². The second-order valence-electron chi connectivity index (χ2n) is 18.5. The third-order valence-corrected chi connectivity index (χ3v) is 13.2. The van der Waals surface area contributed by atoms with Crippen LogP contribution in [-0.2, 0) is 6.54 Å². The molecular formula is C53H93B2N6O3Rb3. The number of piperidine rings is 9. The summed E-state index contributed by atoms with van der Waals surface area (Å²) in [6.45, 7) is 30.8. The van der Waals surface area contributed by atoms with Gasteiger partial charge in [0.2, 0.25) is 0 Å². The van der Waals surface area contributed by atoms with Crippen LogP contribution in [0.2, 0.25) is 27.3 Å². The van der Waals surface area contributed by atoms with E-state index >= 15 is 0 Å². The van der Waals surface area contributed by atoms with Gasteiger partial charge < -0.3 is 31.4 Å². The monoisotopic (exact) mass is 1140 g/mol. The molecule has 362 valence electrons. The number of ether oxygens (including phenoxy) is 3. The molecule has 0 aliphatic carbocycles. The Morgan fingerprint density at radius 1 is 0.448 bits per heavy atom. The van der Waals surface area contributed by atoms with Gasteiger partial charge in [0.15, 0.2) is 0 Å². The topological polar surface area (TPSA) is 109 Å². The van der Waals surface area contributed by atoms with Crippen LogP contribution in [0.25, 0.3) is 17.2 Å². The van der Waals surface area contributed by atoms with E-state index in [1.165, 1.54) is 88.9 Å². The maximum absolute atomic E-state index is 7.29. The van der Waals surface area contributed by atoms with E-state index in [1.807, 2.05) is 24.3 Å². The molecule has 0 saturated carbocycles. The van der Waals surface area contributed by atoms with Crippen LogP contribution < -0.4 is 189 Å². The molecule has 0 spiro atoms. The predicted octanol–water partition coefficient (Wildman–Crippen LogP) is 4.26. The van der Waals surface area contributed by atoms with E-state index in [1.54, 1.807) is 13.8 Å². The average molecular weight is 1140 g/mol. The minimum absolute atomic E-state index is 0. The van der Waals surface area contributed by atoms with Crippen molar-refractivity contribution in [3.63, 3.8) is 0 Å². The quantitative estimate of drug-likeness (QED) is 0.313. The molecule has 9 saturated heterocycles. The molecule has 12 rings (SSSR count). The first-order valence-electron chi connectivity index (χ1n) is 23.8. The molecule has 3 N–H and O–H groups in total. The summed E-state index contributed by atoms with van der Waals surface area (Å²) in [6.07, 6.45) is 9.06. The van der Waals surface area contributed by atoms with Crippen LogP contribution in [-0.4, -0.2) is 118 Å². The predicted molar refractivity (Wildman–Crippen MR) is 282 cm³/mol. The van der Waals surface area contributed by atoms with Crippen LogP contribution in [0.4, 0.5) is 0 Å². The van der Waals surface area contributed by atoms with Gasteiger partial charge in [0.1, 0.15) is 48.8 Å². The van der Waals surface area contributed by atoms with E-state index in [0.717, 1.165) is 73.4 Å². The van der Waals surface area contributed by atoms with Crippen molar-refractivity contribution in [3.05, 3.63) is 107 Å². The molecule has 6 bridgehead atoms. The number of hydrogen-bond acceptors (Lipinski definition) is 6. The Kier molecular flexibility index (Phi) is 45.7. The van der Waals surface area contributed by atoms with Crippen molar-refractivity contribution in [2.75, 3.05) is 72.0 Å². The fourth-order valence-corrected chi connectivity index (χ4v) is 8.58. The summed E-state index contributed by atoms with van der Waals surface area (Å²) in [5, 5.41) is 0. The minimum Gasteiger partial charge on any atom is -0.678 e. The zero-order valence-corrected chi connectivity index (χ0v) is 57.1. The number of hydrogen-bond donors (Lipinski definition) is 0. The van der Waals surface area contributed by atoms with Crippen LogP contribution in [0.15, 0.2) is 72.8 Å². The summed E-state index contributed by atoms with van der Waals surface area (Å²) in [4.78, 5) is 7.56. The van der Waals surface area contributed by atoms with Gasteiger partial charge in [-0.25, -0.2) is 0 Å². The van der Waals surface area contributed by atoms with E-state index in [-0.39, 0.29) is 197 Å². The molecule has 3 aromatic rings. The van der Waals surface area contributed by atoms with Crippen molar-refractivity contribution < 1.29 is 189 Å². The average Bonchev–Trinajstić information content (AvgIpc) is 3.28. The fourth-order valence-electron chi connectivity index (χ4n) is 8.58. The number of fused-ring (bicyclic) bond motifs is 9. The van der Waals surface area contributed by atoms with Crippen LogP contribution in [0.1, 0.15) is 91.3 Å². The molecule has 3 atom stereocenters. The van der Waals surface area contributed by atoms with Crippen LogP contribution in [0, 0.1) is 31.6 Å². The molecular weight excluding hydrogens is 1050 g/mol. The van der Waals surface area contributed by atoms with Crippen molar-refractivity contribution in [1.82, 2.24) is 14.7 Å². The molecule has 0 radical (unpaired) electrons. The molecule has 9 nitrogen and oxygen atoms in total. The van der Waals surface area contributed by atoms with E-state index in [2.05, 4.69) is 104 Å². The molecule has 14 heteroatoms. The van der Waals surface area contributed by atoms with Gasteiger partial charge in [-0.1, -0.05) is 117 Å². The first-order chi connectivity index (χ1) is 29.4. The van der Waals surface area contributed by atoms with E-state index in [4.69, 9.17) is 31.4 Å². The van der Waals surface area contributed by atoms with Crippen LogP contribution in [0.3, 0.4) is 0 Å². The number of benzene rings is 3. The molecule has 9 aliphatic heterocycles. The molecule has 9 aliphatic rings. The summed E-state index contributed by atoms with van der Waals surface area (Å²) >= 11 is 0. The number of nitrogens with zero attached hydrogens (tertiary/aromatic N) is 3. The molecule has 0 aromatic heterocycles. The molecule has 3 aromatic carbocycles. The fraction of sp³-hybridized carbons (Fsp3) is 0.660. The first-order valence-corrected chi connectivity index (χ1v) is 23.8.